The minimum absolute atomic E-state index is 0.0430. The summed E-state index contributed by atoms with van der Waals surface area (Å²) in [5, 5.41) is 3.46. The van der Waals surface area contributed by atoms with Gasteiger partial charge in [0, 0.05) is 6.07 Å². The van der Waals surface area contributed by atoms with E-state index in [9.17, 15) is 12.8 Å². The van der Waals surface area contributed by atoms with Crippen molar-refractivity contribution in [3.05, 3.63) is 41.5 Å². The molecule has 0 aliphatic heterocycles. The van der Waals surface area contributed by atoms with Crippen LogP contribution in [-0.2, 0) is 16.6 Å². The molecular formula is C11H12FN3O3S. The van der Waals surface area contributed by atoms with Gasteiger partial charge in [0.1, 0.15) is 5.82 Å². The zero-order valence-corrected chi connectivity index (χ0v) is 10.9. The SMILES string of the molecule is Cc1cc(S(=O)(=O)NCc2ccno2)cc(N)c1F. The highest BCUT2D eigenvalue weighted by Gasteiger charge is 2.17. The van der Waals surface area contributed by atoms with Crippen molar-refractivity contribution in [2.24, 2.45) is 0 Å². The number of halogens is 1. The summed E-state index contributed by atoms with van der Waals surface area (Å²) in [5.74, 6) is -0.246. The maximum Gasteiger partial charge on any atom is 0.241 e. The van der Waals surface area contributed by atoms with Gasteiger partial charge in [-0.15, -0.1) is 0 Å². The summed E-state index contributed by atoms with van der Waals surface area (Å²) >= 11 is 0. The number of nitrogens with zero attached hydrogens (tertiary/aromatic N) is 1. The number of nitrogens with two attached hydrogens (primary N) is 1. The summed E-state index contributed by atoms with van der Waals surface area (Å²) in [6.45, 7) is 1.40. The van der Waals surface area contributed by atoms with Crippen LogP contribution in [0.15, 0.2) is 33.8 Å². The van der Waals surface area contributed by atoms with E-state index in [1.807, 2.05) is 0 Å². The molecule has 1 aromatic heterocycles. The minimum atomic E-state index is -3.78. The average molecular weight is 285 g/mol. The van der Waals surface area contributed by atoms with E-state index in [-0.39, 0.29) is 22.7 Å². The number of nitrogen functional groups attached to an aromatic ring is 1. The van der Waals surface area contributed by atoms with Crippen LogP contribution in [0, 0.1) is 12.7 Å². The van der Waals surface area contributed by atoms with E-state index in [0.717, 1.165) is 6.07 Å². The van der Waals surface area contributed by atoms with Crippen LogP contribution in [0.25, 0.3) is 0 Å². The molecule has 2 rings (SSSR count). The highest BCUT2D eigenvalue weighted by atomic mass is 32.2. The standard InChI is InChI=1S/C11H12FN3O3S/c1-7-4-9(5-10(13)11(7)12)19(16,17)15-6-8-2-3-14-18-8/h2-5,15H,6,13H2,1H3. The summed E-state index contributed by atoms with van der Waals surface area (Å²) in [7, 11) is -3.78. The van der Waals surface area contributed by atoms with E-state index in [1.54, 1.807) is 0 Å². The molecule has 19 heavy (non-hydrogen) atoms. The first-order valence-corrected chi connectivity index (χ1v) is 6.83. The molecule has 0 fully saturated rings. The first-order valence-electron chi connectivity index (χ1n) is 5.35. The van der Waals surface area contributed by atoms with E-state index >= 15 is 0 Å². The lowest BCUT2D eigenvalue weighted by Crippen LogP contribution is -2.23. The van der Waals surface area contributed by atoms with Gasteiger partial charge in [-0.3, -0.25) is 0 Å². The second-order valence-electron chi connectivity index (χ2n) is 3.95. The average Bonchev–Trinajstić information content (AvgIpc) is 2.86. The molecule has 0 saturated carbocycles. The van der Waals surface area contributed by atoms with Crippen molar-refractivity contribution < 1.29 is 17.3 Å². The molecule has 0 atom stereocenters. The quantitative estimate of drug-likeness (QED) is 0.822. The number of aromatic nitrogens is 1. The second kappa shape index (κ2) is 4.98. The molecular weight excluding hydrogens is 273 g/mol. The number of nitrogens with one attached hydrogen (secondary N) is 1. The summed E-state index contributed by atoms with van der Waals surface area (Å²) in [6, 6.07) is 3.83. The highest BCUT2D eigenvalue weighted by Crippen LogP contribution is 2.20. The molecule has 6 nitrogen and oxygen atoms in total. The molecule has 0 radical (unpaired) electrons. The van der Waals surface area contributed by atoms with E-state index < -0.39 is 15.8 Å². The van der Waals surface area contributed by atoms with Gasteiger partial charge in [-0.25, -0.2) is 17.5 Å². The van der Waals surface area contributed by atoms with Gasteiger partial charge in [0.2, 0.25) is 10.0 Å². The van der Waals surface area contributed by atoms with Gasteiger partial charge < -0.3 is 10.3 Å². The molecule has 0 spiro atoms. The Hall–Kier alpha value is -1.93. The zero-order chi connectivity index (χ0) is 14.0. The van der Waals surface area contributed by atoms with E-state index in [1.165, 1.54) is 25.3 Å². The van der Waals surface area contributed by atoms with Crippen molar-refractivity contribution in [2.45, 2.75) is 18.4 Å². The highest BCUT2D eigenvalue weighted by molar-refractivity contribution is 7.89. The van der Waals surface area contributed by atoms with Crippen LogP contribution >= 0.6 is 0 Å². The molecule has 1 aromatic carbocycles. The van der Waals surface area contributed by atoms with E-state index in [0.29, 0.717) is 5.76 Å². The molecule has 0 unspecified atom stereocenters. The van der Waals surface area contributed by atoms with Crippen LogP contribution in [0.3, 0.4) is 0 Å². The van der Waals surface area contributed by atoms with Gasteiger partial charge in [-0.2, -0.15) is 0 Å². The molecule has 102 valence electrons. The largest absolute Gasteiger partial charge is 0.396 e. The topological polar surface area (TPSA) is 98.2 Å². The lowest BCUT2D eigenvalue weighted by Gasteiger charge is -2.08. The van der Waals surface area contributed by atoms with E-state index in [4.69, 9.17) is 10.3 Å². The Balaban J connectivity index is 2.24. The number of rotatable bonds is 4. The summed E-state index contributed by atoms with van der Waals surface area (Å²) in [4.78, 5) is -0.0941. The fourth-order valence-corrected chi connectivity index (χ4v) is 2.61. The normalized spacial score (nSPS) is 11.7. The Labute approximate surface area is 109 Å². The molecule has 0 bridgehead atoms. The first kappa shape index (κ1) is 13.5. The predicted molar refractivity (Wildman–Crippen MR) is 66.1 cm³/mol. The molecule has 0 aliphatic rings. The van der Waals surface area contributed by atoms with Crippen LogP contribution in [0.1, 0.15) is 11.3 Å². The third kappa shape index (κ3) is 2.91. The fourth-order valence-electron chi connectivity index (χ4n) is 1.50. The third-order valence-corrected chi connectivity index (χ3v) is 3.87. The molecule has 8 heteroatoms. The molecule has 0 saturated heterocycles. The summed E-state index contributed by atoms with van der Waals surface area (Å²) in [5.41, 5.74) is 5.37. The van der Waals surface area contributed by atoms with Crippen LogP contribution in [0.2, 0.25) is 0 Å². The monoisotopic (exact) mass is 285 g/mol. The van der Waals surface area contributed by atoms with Crippen molar-refractivity contribution in [2.75, 3.05) is 5.73 Å². The van der Waals surface area contributed by atoms with Crippen LogP contribution < -0.4 is 10.5 Å². The predicted octanol–water partition coefficient (Wildman–Crippen LogP) is 1.18. The van der Waals surface area contributed by atoms with Gasteiger partial charge in [-0.05, 0) is 24.6 Å². The van der Waals surface area contributed by atoms with Crippen LogP contribution in [-0.4, -0.2) is 13.6 Å². The third-order valence-electron chi connectivity index (χ3n) is 2.49. The number of sulfonamides is 1. The fraction of sp³-hybridized carbons (Fsp3) is 0.182. The second-order valence-corrected chi connectivity index (χ2v) is 5.71. The number of aryl methyl sites for hydroxylation is 1. The Kier molecular flexibility index (Phi) is 3.54. The van der Waals surface area contributed by atoms with E-state index in [2.05, 4.69) is 9.88 Å². The van der Waals surface area contributed by atoms with Gasteiger partial charge in [-0.1, -0.05) is 5.16 Å². The summed E-state index contributed by atoms with van der Waals surface area (Å²) in [6.07, 6.45) is 1.41. The molecule has 0 amide bonds. The lowest BCUT2D eigenvalue weighted by atomic mass is 10.2. The maximum atomic E-state index is 13.3. The van der Waals surface area contributed by atoms with Crippen molar-refractivity contribution in [1.29, 1.82) is 0 Å². The van der Waals surface area contributed by atoms with Crippen molar-refractivity contribution in [3.63, 3.8) is 0 Å². The van der Waals surface area contributed by atoms with Crippen LogP contribution in [0.4, 0.5) is 10.1 Å². The molecule has 2 aromatic rings. The lowest BCUT2D eigenvalue weighted by molar-refractivity contribution is 0.380. The van der Waals surface area contributed by atoms with Crippen molar-refractivity contribution in [1.82, 2.24) is 9.88 Å². The Morgan fingerprint density at radius 2 is 2.21 bits per heavy atom. The smallest absolute Gasteiger partial charge is 0.241 e. The minimum Gasteiger partial charge on any atom is -0.396 e. The Bertz CT molecular complexity index is 660. The Morgan fingerprint density at radius 1 is 1.47 bits per heavy atom. The Morgan fingerprint density at radius 3 is 2.79 bits per heavy atom. The van der Waals surface area contributed by atoms with Crippen LogP contribution in [0.5, 0.6) is 0 Å². The molecule has 3 N–H and O–H groups in total. The maximum absolute atomic E-state index is 13.3. The van der Waals surface area contributed by atoms with Crippen molar-refractivity contribution in [3.8, 4) is 0 Å². The number of anilines is 1. The summed E-state index contributed by atoms with van der Waals surface area (Å²) < 4.78 is 44.4. The van der Waals surface area contributed by atoms with Gasteiger partial charge in [0.25, 0.3) is 0 Å². The number of hydrogen-bond donors (Lipinski definition) is 2. The molecule has 1 heterocycles. The van der Waals surface area contributed by atoms with Gasteiger partial charge in [0.05, 0.1) is 23.3 Å². The molecule has 0 aliphatic carbocycles. The zero-order valence-electron chi connectivity index (χ0n) is 10.1. The number of benzene rings is 1. The van der Waals surface area contributed by atoms with Crippen molar-refractivity contribution >= 4 is 15.7 Å². The number of hydrogen-bond acceptors (Lipinski definition) is 5. The van der Waals surface area contributed by atoms with Gasteiger partial charge >= 0.3 is 0 Å². The first-order chi connectivity index (χ1) is 8.90. The van der Waals surface area contributed by atoms with Gasteiger partial charge in [0.15, 0.2) is 5.76 Å².